The molecule has 0 N–H and O–H groups in total. The standard InChI is InChI=1S/C9H14O2/c10-7-9(3-4-9)8-2-1-5-11-6-8/h7-8H,1-6H2. The van der Waals surface area contributed by atoms with E-state index < -0.39 is 0 Å². The highest BCUT2D eigenvalue weighted by atomic mass is 16.5. The molecule has 1 aliphatic carbocycles. The molecule has 2 fully saturated rings. The molecule has 1 unspecified atom stereocenters. The molecule has 1 saturated heterocycles. The predicted octanol–water partition coefficient (Wildman–Crippen LogP) is 1.39. The lowest BCUT2D eigenvalue weighted by atomic mass is 9.86. The van der Waals surface area contributed by atoms with Crippen LogP contribution in [0.15, 0.2) is 0 Å². The Morgan fingerprint density at radius 1 is 1.45 bits per heavy atom. The molecule has 11 heavy (non-hydrogen) atoms. The van der Waals surface area contributed by atoms with Crippen LogP contribution in [0.3, 0.4) is 0 Å². The number of hydrogen-bond acceptors (Lipinski definition) is 2. The molecule has 1 heterocycles. The van der Waals surface area contributed by atoms with Gasteiger partial charge in [-0.1, -0.05) is 0 Å². The van der Waals surface area contributed by atoms with Crippen molar-refractivity contribution < 1.29 is 9.53 Å². The van der Waals surface area contributed by atoms with Crippen molar-refractivity contribution in [2.24, 2.45) is 11.3 Å². The molecule has 0 radical (unpaired) electrons. The maximum Gasteiger partial charge on any atom is 0.126 e. The van der Waals surface area contributed by atoms with Crippen LogP contribution < -0.4 is 0 Å². The Labute approximate surface area is 66.9 Å². The first-order valence-electron chi connectivity index (χ1n) is 4.41. The van der Waals surface area contributed by atoms with Crippen LogP contribution >= 0.6 is 0 Å². The van der Waals surface area contributed by atoms with Crippen LogP contribution in [0, 0.1) is 11.3 Å². The van der Waals surface area contributed by atoms with Gasteiger partial charge in [-0.3, -0.25) is 0 Å². The lowest BCUT2D eigenvalue weighted by Gasteiger charge is -2.26. The highest BCUT2D eigenvalue weighted by molar-refractivity contribution is 5.64. The van der Waals surface area contributed by atoms with Gasteiger partial charge in [0.1, 0.15) is 6.29 Å². The quantitative estimate of drug-likeness (QED) is 0.562. The van der Waals surface area contributed by atoms with Crippen molar-refractivity contribution in [3.05, 3.63) is 0 Å². The summed E-state index contributed by atoms with van der Waals surface area (Å²) in [5, 5.41) is 0. The Morgan fingerprint density at radius 2 is 2.27 bits per heavy atom. The Bertz CT molecular complexity index is 155. The zero-order valence-electron chi connectivity index (χ0n) is 6.71. The third-order valence-corrected chi connectivity index (χ3v) is 3.04. The number of carbonyl (C=O) groups is 1. The van der Waals surface area contributed by atoms with Crippen molar-refractivity contribution in [2.75, 3.05) is 13.2 Å². The zero-order chi connectivity index (χ0) is 7.73. The highest BCUT2D eigenvalue weighted by Crippen LogP contribution is 2.52. The molecule has 0 bridgehead atoms. The lowest BCUT2D eigenvalue weighted by molar-refractivity contribution is -0.116. The molecule has 1 atom stereocenters. The average molecular weight is 154 g/mol. The maximum atomic E-state index is 10.7. The van der Waals surface area contributed by atoms with Crippen LogP contribution in [0.25, 0.3) is 0 Å². The minimum Gasteiger partial charge on any atom is -0.381 e. The second-order valence-corrected chi connectivity index (χ2v) is 3.77. The molecule has 0 aromatic rings. The van der Waals surface area contributed by atoms with Crippen molar-refractivity contribution in [3.8, 4) is 0 Å². The molecule has 2 heteroatoms. The average Bonchev–Trinajstić information content (AvgIpc) is 2.86. The second-order valence-electron chi connectivity index (χ2n) is 3.77. The van der Waals surface area contributed by atoms with Gasteiger partial charge in [0.05, 0.1) is 6.61 Å². The summed E-state index contributed by atoms with van der Waals surface area (Å²) in [4.78, 5) is 10.7. The molecule has 2 aliphatic rings. The fourth-order valence-corrected chi connectivity index (χ4v) is 1.96. The topological polar surface area (TPSA) is 26.3 Å². The smallest absolute Gasteiger partial charge is 0.126 e. The van der Waals surface area contributed by atoms with Crippen LogP contribution in [-0.2, 0) is 9.53 Å². The number of rotatable bonds is 2. The summed E-state index contributed by atoms with van der Waals surface area (Å²) >= 11 is 0. The number of carbonyl (C=O) groups excluding carboxylic acids is 1. The largest absolute Gasteiger partial charge is 0.381 e. The maximum absolute atomic E-state index is 10.7. The van der Waals surface area contributed by atoms with E-state index in [1.807, 2.05) is 0 Å². The molecular formula is C9H14O2. The van der Waals surface area contributed by atoms with Gasteiger partial charge in [0.25, 0.3) is 0 Å². The van der Waals surface area contributed by atoms with Gasteiger partial charge < -0.3 is 9.53 Å². The predicted molar refractivity (Wildman–Crippen MR) is 41.3 cm³/mol. The van der Waals surface area contributed by atoms with Gasteiger partial charge in [-0.25, -0.2) is 0 Å². The van der Waals surface area contributed by atoms with E-state index in [9.17, 15) is 4.79 Å². The van der Waals surface area contributed by atoms with E-state index in [1.165, 1.54) is 6.42 Å². The molecule has 2 nitrogen and oxygen atoms in total. The molecule has 62 valence electrons. The molecular weight excluding hydrogens is 140 g/mol. The highest BCUT2D eigenvalue weighted by Gasteiger charge is 2.49. The number of aldehydes is 1. The third-order valence-electron chi connectivity index (χ3n) is 3.04. The lowest BCUT2D eigenvalue weighted by Crippen LogP contribution is -2.27. The summed E-state index contributed by atoms with van der Waals surface area (Å²) in [6.07, 6.45) is 5.69. The second kappa shape index (κ2) is 2.59. The van der Waals surface area contributed by atoms with Gasteiger partial charge in [0.2, 0.25) is 0 Å². The van der Waals surface area contributed by atoms with Crippen molar-refractivity contribution in [1.82, 2.24) is 0 Å². The zero-order valence-corrected chi connectivity index (χ0v) is 6.71. The van der Waals surface area contributed by atoms with Gasteiger partial charge in [-0.2, -0.15) is 0 Å². The van der Waals surface area contributed by atoms with E-state index in [1.54, 1.807) is 0 Å². The molecule has 0 aromatic carbocycles. The molecule has 0 aromatic heterocycles. The number of ether oxygens (including phenoxy) is 1. The van der Waals surface area contributed by atoms with E-state index >= 15 is 0 Å². The Morgan fingerprint density at radius 3 is 2.73 bits per heavy atom. The SMILES string of the molecule is O=CC1(C2CCCOC2)CC1. The fourth-order valence-electron chi connectivity index (χ4n) is 1.96. The number of hydrogen-bond donors (Lipinski definition) is 0. The Balaban J connectivity index is 1.97. The van der Waals surface area contributed by atoms with E-state index in [4.69, 9.17) is 4.74 Å². The van der Waals surface area contributed by atoms with Gasteiger partial charge in [-0.15, -0.1) is 0 Å². The van der Waals surface area contributed by atoms with Crippen LogP contribution in [0.2, 0.25) is 0 Å². The van der Waals surface area contributed by atoms with E-state index in [-0.39, 0.29) is 5.41 Å². The van der Waals surface area contributed by atoms with Crippen molar-refractivity contribution in [1.29, 1.82) is 0 Å². The summed E-state index contributed by atoms with van der Waals surface area (Å²) in [5.41, 5.74) is 0.0560. The normalized spacial score (nSPS) is 34.7. The minimum absolute atomic E-state index is 0.0560. The van der Waals surface area contributed by atoms with Crippen LogP contribution in [0.1, 0.15) is 25.7 Å². The van der Waals surface area contributed by atoms with Crippen molar-refractivity contribution >= 4 is 6.29 Å². The van der Waals surface area contributed by atoms with Gasteiger partial charge in [-0.05, 0) is 31.6 Å². The Kier molecular flexibility index (Phi) is 1.72. The first kappa shape index (κ1) is 7.29. The molecule has 2 rings (SSSR count). The Hall–Kier alpha value is -0.370. The summed E-state index contributed by atoms with van der Waals surface area (Å²) < 4.78 is 5.35. The van der Waals surface area contributed by atoms with Crippen molar-refractivity contribution in [3.63, 3.8) is 0 Å². The van der Waals surface area contributed by atoms with Gasteiger partial charge in [0, 0.05) is 12.0 Å². The summed E-state index contributed by atoms with van der Waals surface area (Å²) in [6.45, 7) is 1.71. The van der Waals surface area contributed by atoms with E-state index in [0.717, 1.165) is 38.8 Å². The van der Waals surface area contributed by atoms with Crippen LogP contribution in [0.5, 0.6) is 0 Å². The monoisotopic (exact) mass is 154 g/mol. The molecule has 0 amide bonds. The van der Waals surface area contributed by atoms with Crippen molar-refractivity contribution in [2.45, 2.75) is 25.7 Å². The van der Waals surface area contributed by atoms with E-state index in [0.29, 0.717) is 5.92 Å². The van der Waals surface area contributed by atoms with Gasteiger partial charge in [0.15, 0.2) is 0 Å². The summed E-state index contributed by atoms with van der Waals surface area (Å²) in [7, 11) is 0. The first-order valence-corrected chi connectivity index (χ1v) is 4.41. The van der Waals surface area contributed by atoms with Crippen LogP contribution in [0.4, 0.5) is 0 Å². The van der Waals surface area contributed by atoms with Crippen LogP contribution in [-0.4, -0.2) is 19.5 Å². The first-order chi connectivity index (χ1) is 5.37. The summed E-state index contributed by atoms with van der Waals surface area (Å²) in [6, 6.07) is 0. The third kappa shape index (κ3) is 1.20. The minimum atomic E-state index is 0.0560. The molecule has 1 saturated carbocycles. The summed E-state index contributed by atoms with van der Waals surface area (Å²) in [5.74, 6) is 0.536. The molecule has 1 aliphatic heterocycles. The van der Waals surface area contributed by atoms with E-state index in [2.05, 4.69) is 0 Å². The van der Waals surface area contributed by atoms with Gasteiger partial charge >= 0.3 is 0 Å². The molecule has 0 spiro atoms. The fraction of sp³-hybridized carbons (Fsp3) is 0.889.